The molecule has 5 nitrogen and oxygen atoms in total. The summed E-state index contributed by atoms with van der Waals surface area (Å²) in [5.74, 6) is -0.0850. The number of aromatic nitrogens is 1. The lowest BCUT2D eigenvalue weighted by molar-refractivity contribution is -0.132. The average Bonchev–Trinajstić information content (AvgIpc) is 2.99. The molecule has 1 N–H and O–H groups in total. The zero-order valence-corrected chi connectivity index (χ0v) is 12.8. The van der Waals surface area contributed by atoms with Crippen LogP contribution in [0.5, 0.6) is 0 Å². The van der Waals surface area contributed by atoms with Gasteiger partial charge in [-0.2, -0.15) is 0 Å². The predicted octanol–water partition coefficient (Wildman–Crippen LogP) is 2.25. The summed E-state index contributed by atoms with van der Waals surface area (Å²) in [5.41, 5.74) is 1.55. The molecule has 2 amide bonds. The van der Waals surface area contributed by atoms with Crippen molar-refractivity contribution in [3.05, 3.63) is 36.0 Å². The molecule has 0 atom stereocenters. The third-order valence-electron chi connectivity index (χ3n) is 4.25. The van der Waals surface area contributed by atoms with Gasteiger partial charge in [0.15, 0.2) is 0 Å². The monoisotopic (exact) mass is 299 g/mol. The Morgan fingerprint density at radius 2 is 1.91 bits per heavy atom. The number of para-hydroxylation sites is 1. The Bertz CT molecular complexity index is 686. The molecule has 1 saturated heterocycles. The highest BCUT2D eigenvalue weighted by Crippen LogP contribution is 2.19. The van der Waals surface area contributed by atoms with Crippen LogP contribution in [0.4, 0.5) is 0 Å². The first kappa shape index (κ1) is 14.6. The minimum absolute atomic E-state index is 0.0374. The van der Waals surface area contributed by atoms with Crippen molar-refractivity contribution in [1.29, 1.82) is 0 Å². The first-order chi connectivity index (χ1) is 10.7. The molecule has 0 saturated carbocycles. The highest BCUT2D eigenvalue weighted by Gasteiger charge is 2.22. The lowest BCUT2D eigenvalue weighted by atomic mass is 10.1. The summed E-state index contributed by atoms with van der Waals surface area (Å²) in [5, 5.41) is 0.893. The van der Waals surface area contributed by atoms with E-state index in [-0.39, 0.29) is 18.4 Å². The summed E-state index contributed by atoms with van der Waals surface area (Å²) in [6.45, 7) is 1.76. The van der Waals surface area contributed by atoms with Gasteiger partial charge in [0.2, 0.25) is 5.91 Å². The lowest BCUT2D eigenvalue weighted by Gasteiger charge is -2.28. The van der Waals surface area contributed by atoms with E-state index in [0.29, 0.717) is 5.56 Å². The second kappa shape index (κ2) is 6.22. The largest absolute Gasteiger partial charge is 0.360 e. The number of carbonyl (C=O) groups is 2. The maximum Gasteiger partial charge on any atom is 0.256 e. The van der Waals surface area contributed by atoms with E-state index in [0.717, 1.165) is 36.8 Å². The van der Waals surface area contributed by atoms with E-state index in [1.807, 2.05) is 29.2 Å². The van der Waals surface area contributed by atoms with Gasteiger partial charge < -0.3 is 14.8 Å². The van der Waals surface area contributed by atoms with Crippen molar-refractivity contribution in [3.8, 4) is 0 Å². The first-order valence-electron chi connectivity index (χ1n) is 7.76. The number of likely N-dealkylation sites (tertiary alicyclic amines) is 1. The van der Waals surface area contributed by atoms with E-state index in [9.17, 15) is 9.59 Å². The number of carbonyl (C=O) groups excluding carboxylic acids is 2. The maximum absolute atomic E-state index is 12.6. The van der Waals surface area contributed by atoms with Crippen LogP contribution >= 0.6 is 0 Å². The molecule has 2 heterocycles. The van der Waals surface area contributed by atoms with Crippen molar-refractivity contribution in [3.63, 3.8) is 0 Å². The maximum atomic E-state index is 12.6. The molecule has 1 aliphatic rings. The van der Waals surface area contributed by atoms with E-state index in [2.05, 4.69) is 4.98 Å². The molecule has 1 aliphatic heterocycles. The second-order valence-electron chi connectivity index (χ2n) is 5.85. The Labute approximate surface area is 129 Å². The van der Waals surface area contributed by atoms with E-state index >= 15 is 0 Å². The fourth-order valence-corrected chi connectivity index (χ4v) is 2.97. The molecule has 1 aromatic carbocycles. The minimum atomic E-state index is -0.122. The van der Waals surface area contributed by atoms with Crippen molar-refractivity contribution in [2.75, 3.05) is 26.7 Å². The van der Waals surface area contributed by atoms with Crippen LogP contribution in [-0.4, -0.2) is 53.3 Å². The molecule has 22 heavy (non-hydrogen) atoms. The fourth-order valence-electron chi connectivity index (χ4n) is 2.97. The minimum Gasteiger partial charge on any atom is -0.360 e. The Balaban J connectivity index is 1.70. The summed E-state index contributed by atoms with van der Waals surface area (Å²) >= 11 is 0. The number of aromatic amines is 1. The third kappa shape index (κ3) is 2.84. The van der Waals surface area contributed by atoms with Crippen molar-refractivity contribution >= 4 is 22.7 Å². The van der Waals surface area contributed by atoms with Gasteiger partial charge in [-0.3, -0.25) is 9.59 Å². The zero-order valence-electron chi connectivity index (χ0n) is 12.8. The van der Waals surface area contributed by atoms with Crippen molar-refractivity contribution in [2.24, 2.45) is 0 Å². The average molecular weight is 299 g/mol. The third-order valence-corrected chi connectivity index (χ3v) is 4.25. The molecule has 0 unspecified atom stereocenters. The number of nitrogens with zero attached hydrogens (tertiary/aromatic N) is 2. The van der Waals surface area contributed by atoms with E-state index in [4.69, 9.17) is 0 Å². The molecule has 2 aromatic rings. The highest BCUT2D eigenvalue weighted by atomic mass is 16.2. The number of benzene rings is 1. The van der Waals surface area contributed by atoms with Crippen molar-refractivity contribution < 1.29 is 9.59 Å². The summed E-state index contributed by atoms with van der Waals surface area (Å²) < 4.78 is 0. The van der Waals surface area contributed by atoms with Crippen LogP contribution in [0, 0.1) is 0 Å². The summed E-state index contributed by atoms with van der Waals surface area (Å²) in [7, 11) is 1.69. The molecular formula is C17H21N3O2. The van der Waals surface area contributed by atoms with Gasteiger partial charge in [0.25, 0.3) is 5.91 Å². The van der Waals surface area contributed by atoms with Crippen LogP contribution < -0.4 is 0 Å². The van der Waals surface area contributed by atoms with Crippen LogP contribution in [0.15, 0.2) is 30.5 Å². The molecule has 1 aromatic heterocycles. The Kier molecular flexibility index (Phi) is 4.13. The molecular weight excluding hydrogens is 278 g/mol. The smallest absolute Gasteiger partial charge is 0.256 e. The number of likely N-dealkylation sites (N-methyl/N-ethyl adjacent to an activating group) is 1. The molecule has 116 valence electrons. The molecule has 5 heteroatoms. The van der Waals surface area contributed by atoms with Crippen LogP contribution in [0.2, 0.25) is 0 Å². The quantitative estimate of drug-likeness (QED) is 0.945. The zero-order chi connectivity index (χ0) is 15.5. The van der Waals surface area contributed by atoms with Gasteiger partial charge in [-0.1, -0.05) is 18.2 Å². The van der Waals surface area contributed by atoms with E-state index < -0.39 is 0 Å². The topological polar surface area (TPSA) is 56.4 Å². The van der Waals surface area contributed by atoms with Crippen molar-refractivity contribution in [1.82, 2.24) is 14.8 Å². The van der Waals surface area contributed by atoms with Crippen LogP contribution in [-0.2, 0) is 4.79 Å². The standard InChI is InChI=1S/C17H21N3O2/c1-19(12-16(21)20-9-5-2-6-10-20)17(22)14-11-18-15-8-4-3-7-13(14)15/h3-4,7-8,11,18H,2,5-6,9-10,12H2,1H3. The normalized spacial score (nSPS) is 15.0. The van der Waals surface area contributed by atoms with E-state index in [1.165, 1.54) is 11.3 Å². The van der Waals surface area contributed by atoms with Gasteiger partial charge >= 0.3 is 0 Å². The Morgan fingerprint density at radius 3 is 2.68 bits per heavy atom. The van der Waals surface area contributed by atoms with E-state index in [1.54, 1.807) is 13.2 Å². The number of hydrogen-bond donors (Lipinski definition) is 1. The van der Waals surface area contributed by atoms with Crippen LogP contribution in [0.1, 0.15) is 29.6 Å². The Hall–Kier alpha value is -2.30. The molecule has 0 radical (unpaired) electrons. The molecule has 0 aliphatic carbocycles. The number of rotatable bonds is 3. The summed E-state index contributed by atoms with van der Waals surface area (Å²) in [4.78, 5) is 31.3. The van der Waals surface area contributed by atoms with Crippen molar-refractivity contribution in [2.45, 2.75) is 19.3 Å². The second-order valence-corrected chi connectivity index (χ2v) is 5.85. The Morgan fingerprint density at radius 1 is 1.18 bits per heavy atom. The van der Waals surface area contributed by atoms with Gasteiger partial charge in [-0.05, 0) is 25.3 Å². The SMILES string of the molecule is CN(CC(=O)N1CCCCC1)C(=O)c1c[nH]c2ccccc12. The van der Waals surface area contributed by atoms with Crippen LogP contribution in [0.25, 0.3) is 10.9 Å². The van der Waals surface area contributed by atoms with Gasteiger partial charge in [-0.15, -0.1) is 0 Å². The molecule has 1 fully saturated rings. The lowest BCUT2D eigenvalue weighted by Crippen LogP contribution is -2.43. The van der Waals surface area contributed by atoms with Gasteiger partial charge in [0, 0.05) is 37.2 Å². The highest BCUT2D eigenvalue weighted by molar-refractivity contribution is 6.07. The number of piperidine rings is 1. The number of nitrogens with one attached hydrogen (secondary N) is 1. The molecule has 0 spiro atoms. The number of H-pyrrole nitrogens is 1. The first-order valence-corrected chi connectivity index (χ1v) is 7.76. The molecule has 3 rings (SSSR count). The predicted molar refractivity (Wildman–Crippen MR) is 85.7 cm³/mol. The number of amides is 2. The molecule has 0 bridgehead atoms. The number of fused-ring (bicyclic) bond motifs is 1. The van der Waals surface area contributed by atoms with Gasteiger partial charge in [0.05, 0.1) is 12.1 Å². The number of hydrogen-bond acceptors (Lipinski definition) is 2. The summed E-state index contributed by atoms with van der Waals surface area (Å²) in [6.07, 6.45) is 5.03. The summed E-state index contributed by atoms with van der Waals surface area (Å²) in [6, 6.07) is 7.69. The van der Waals surface area contributed by atoms with Gasteiger partial charge in [-0.25, -0.2) is 0 Å². The fraction of sp³-hybridized carbons (Fsp3) is 0.412. The van der Waals surface area contributed by atoms with Gasteiger partial charge in [0.1, 0.15) is 0 Å². The van der Waals surface area contributed by atoms with Crippen LogP contribution in [0.3, 0.4) is 0 Å².